The Balaban J connectivity index is 1.82. The summed E-state index contributed by atoms with van der Waals surface area (Å²) in [5.74, 6) is 0. The largest absolute Gasteiger partial charge is 0.378 e. The lowest BCUT2D eigenvalue weighted by Gasteiger charge is -2.12. The van der Waals surface area contributed by atoms with Gasteiger partial charge in [-0.25, -0.2) is 0 Å². The van der Waals surface area contributed by atoms with Crippen LogP contribution < -0.4 is 9.30 Å². The van der Waals surface area contributed by atoms with E-state index in [0.29, 0.717) is 0 Å². The number of hydrogen-bond acceptors (Lipinski definition) is 1. The lowest BCUT2D eigenvalue weighted by molar-refractivity contribution is -0.510. The SMILES string of the molecule is CN(C)c1ccc(-c2ccc3c[n+]4ccccc4cc3c2)cc1. The third-order valence-electron chi connectivity index (χ3n) is 4.31. The molecular weight excluding hydrogens is 280 g/mol. The minimum Gasteiger partial charge on any atom is -0.378 e. The van der Waals surface area contributed by atoms with Gasteiger partial charge in [-0.3, -0.25) is 0 Å². The van der Waals surface area contributed by atoms with Crippen LogP contribution in [0.1, 0.15) is 0 Å². The second kappa shape index (κ2) is 5.40. The highest BCUT2D eigenvalue weighted by atomic mass is 15.1. The first-order valence-corrected chi connectivity index (χ1v) is 7.82. The van der Waals surface area contributed by atoms with Gasteiger partial charge < -0.3 is 4.90 Å². The monoisotopic (exact) mass is 299 g/mol. The van der Waals surface area contributed by atoms with Gasteiger partial charge in [-0.2, -0.15) is 4.40 Å². The minimum atomic E-state index is 1.21. The van der Waals surface area contributed by atoms with Crippen molar-refractivity contribution in [3.8, 4) is 11.1 Å². The zero-order chi connectivity index (χ0) is 15.8. The van der Waals surface area contributed by atoms with Crippen LogP contribution in [0.25, 0.3) is 27.4 Å². The van der Waals surface area contributed by atoms with Gasteiger partial charge in [-0.1, -0.05) is 18.2 Å². The molecule has 0 aliphatic carbocycles. The number of hydrogen-bond donors (Lipinski definition) is 0. The Morgan fingerprint density at radius 3 is 2.30 bits per heavy atom. The molecule has 0 amide bonds. The summed E-state index contributed by atoms with van der Waals surface area (Å²) in [5, 5.41) is 2.52. The maximum Gasteiger partial charge on any atom is 0.211 e. The molecule has 0 radical (unpaired) electrons. The Morgan fingerprint density at radius 2 is 1.52 bits per heavy atom. The standard InChI is InChI=1S/C21H19N2/c1-22(2)20-10-8-16(9-11-20)17-6-7-18-15-23-12-4-3-5-21(23)14-19(18)13-17/h3-15H,1-2H3/q+1. The summed E-state index contributed by atoms with van der Waals surface area (Å²) in [7, 11) is 4.13. The molecule has 0 bridgehead atoms. The predicted molar refractivity (Wildman–Crippen MR) is 96.9 cm³/mol. The topological polar surface area (TPSA) is 7.34 Å². The molecule has 0 saturated carbocycles. The lowest BCUT2D eigenvalue weighted by atomic mass is 10.0. The number of pyridine rings is 2. The molecule has 4 aromatic rings. The van der Waals surface area contributed by atoms with Crippen molar-refractivity contribution in [2.75, 3.05) is 19.0 Å². The number of rotatable bonds is 2. The molecule has 0 saturated heterocycles. The van der Waals surface area contributed by atoms with Crippen LogP contribution in [-0.4, -0.2) is 14.1 Å². The normalized spacial score (nSPS) is 11.0. The smallest absolute Gasteiger partial charge is 0.211 e. The Kier molecular flexibility index (Phi) is 3.23. The van der Waals surface area contributed by atoms with Crippen molar-refractivity contribution >= 4 is 22.0 Å². The van der Waals surface area contributed by atoms with Gasteiger partial charge in [-0.05, 0) is 46.8 Å². The summed E-state index contributed by atoms with van der Waals surface area (Å²) >= 11 is 0. The van der Waals surface area contributed by atoms with Gasteiger partial charge in [0.25, 0.3) is 0 Å². The zero-order valence-corrected chi connectivity index (χ0v) is 13.4. The van der Waals surface area contributed by atoms with Gasteiger partial charge in [0.05, 0.1) is 0 Å². The van der Waals surface area contributed by atoms with E-state index in [9.17, 15) is 0 Å². The van der Waals surface area contributed by atoms with Crippen LogP contribution in [0, 0.1) is 0 Å². The van der Waals surface area contributed by atoms with Crippen LogP contribution in [0.2, 0.25) is 0 Å². The first-order valence-electron chi connectivity index (χ1n) is 7.82. The predicted octanol–water partition coefficient (Wildman–Crippen LogP) is 4.31. The summed E-state index contributed by atoms with van der Waals surface area (Å²) < 4.78 is 2.16. The second-order valence-electron chi connectivity index (χ2n) is 6.09. The molecule has 0 aliphatic rings. The molecule has 2 heteroatoms. The first-order chi connectivity index (χ1) is 11.2. The van der Waals surface area contributed by atoms with Crippen molar-refractivity contribution in [1.29, 1.82) is 0 Å². The molecule has 2 nitrogen and oxygen atoms in total. The molecule has 0 spiro atoms. The van der Waals surface area contributed by atoms with E-state index in [2.05, 4.69) is 103 Å². The molecule has 2 heterocycles. The minimum absolute atomic E-state index is 1.21. The maximum atomic E-state index is 2.27. The molecule has 2 aromatic heterocycles. The summed E-state index contributed by atoms with van der Waals surface area (Å²) in [6.07, 6.45) is 4.27. The van der Waals surface area contributed by atoms with Gasteiger partial charge in [0.15, 0.2) is 12.4 Å². The summed E-state index contributed by atoms with van der Waals surface area (Å²) in [6.45, 7) is 0. The highest BCUT2D eigenvalue weighted by molar-refractivity contribution is 5.88. The molecule has 4 rings (SSSR count). The summed E-state index contributed by atoms with van der Waals surface area (Å²) in [5.41, 5.74) is 4.93. The first kappa shape index (κ1) is 13.8. The van der Waals surface area contributed by atoms with E-state index in [-0.39, 0.29) is 0 Å². The van der Waals surface area contributed by atoms with Crippen LogP contribution in [0.5, 0.6) is 0 Å². The number of fused-ring (bicyclic) bond motifs is 2. The second-order valence-corrected chi connectivity index (χ2v) is 6.09. The molecule has 112 valence electrons. The van der Waals surface area contributed by atoms with Crippen molar-refractivity contribution < 1.29 is 4.40 Å². The van der Waals surface area contributed by atoms with E-state index in [1.165, 1.54) is 33.1 Å². The van der Waals surface area contributed by atoms with Crippen LogP contribution in [0.3, 0.4) is 0 Å². The van der Waals surface area contributed by atoms with Crippen molar-refractivity contribution in [2.45, 2.75) is 0 Å². The van der Waals surface area contributed by atoms with Gasteiger partial charge in [0.1, 0.15) is 0 Å². The van der Waals surface area contributed by atoms with Crippen molar-refractivity contribution in [3.05, 3.63) is 79.1 Å². The molecule has 0 aliphatic heterocycles. The van der Waals surface area contributed by atoms with Crippen molar-refractivity contribution in [2.24, 2.45) is 0 Å². The van der Waals surface area contributed by atoms with Gasteiger partial charge >= 0.3 is 0 Å². The third-order valence-corrected chi connectivity index (χ3v) is 4.31. The average Bonchev–Trinajstić information content (AvgIpc) is 2.59. The molecule has 0 N–H and O–H groups in total. The van der Waals surface area contributed by atoms with E-state index < -0.39 is 0 Å². The fourth-order valence-corrected chi connectivity index (χ4v) is 2.97. The highest BCUT2D eigenvalue weighted by Crippen LogP contribution is 2.26. The van der Waals surface area contributed by atoms with Gasteiger partial charge in [0.2, 0.25) is 5.52 Å². The van der Waals surface area contributed by atoms with E-state index in [4.69, 9.17) is 0 Å². The number of nitrogens with zero attached hydrogens (tertiary/aromatic N) is 2. The molecule has 0 fully saturated rings. The van der Waals surface area contributed by atoms with Crippen molar-refractivity contribution in [1.82, 2.24) is 0 Å². The molecule has 2 aromatic carbocycles. The van der Waals surface area contributed by atoms with Crippen molar-refractivity contribution in [3.63, 3.8) is 0 Å². The Bertz CT molecular complexity index is 985. The Hall–Kier alpha value is -2.87. The van der Waals surface area contributed by atoms with Gasteiger partial charge in [0, 0.05) is 43.4 Å². The fraction of sp³-hybridized carbons (Fsp3) is 0.0952. The number of aromatic nitrogens is 1. The molecule has 23 heavy (non-hydrogen) atoms. The lowest BCUT2D eigenvalue weighted by Crippen LogP contribution is -2.19. The van der Waals surface area contributed by atoms with E-state index in [0.717, 1.165) is 0 Å². The van der Waals surface area contributed by atoms with Crippen LogP contribution in [0.15, 0.2) is 79.1 Å². The third kappa shape index (κ3) is 2.53. The van der Waals surface area contributed by atoms with Gasteiger partial charge in [-0.15, -0.1) is 0 Å². The highest BCUT2D eigenvalue weighted by Gasteiger charge is 2.06. The molecular formula is C21H19N2+. The summed E-state index contributed by atoms with van der Waals surface area (Å²) in [4.78, 5) is 2.12. The van der Waals surface area contributed by atoms with E-state index in [1.54, 1.807) is 0 Å². The summed E-state index contributed by atoms with van der Waals surface area (Å²) in [6, 6.07) is 23.9. The molecule has 0 atom stereocenters. The maximum absolute atomic E-state index is 2.27. The van der Waals surface area contributed by atoms with E-state index >= 15 is 0 Å². The van der Waals surface area contributed by atoms with Crippen LogP contribution in [0.4, 0.5) is 5.69 Å². The molecule has 0 unspecified atom stereocenters. The fourth-order valence-electron chi connectivity index (χ4n) is 2.97. The Morgan fingerprint density at radius 1 is 0.739 bits per heavy atom. The Labute approximate surface area is 136 Å². The number of benzene rings is 2. The van der Waals surface area contributed by atoms with Crippen LogP contribution >= 0.6 is 0 Å². The average molecular weight is 299 g/mol. The number of anilines is 1. The van der Waals surface area contributed by atoms with E-state index in [1.807, 2.05) is 0 Å². The quantitative estimate of drug-likeness (QED) is 0.395. The zero-order valence-electron chi connectivity index (χ0n) is 13.4. The van der Waals surface area contributed by atoms with Crippen LogP contribution in [-0.2, 0) is 0 Å².